The minimum atomic E-state index is -3.61. The van der Waals surface area contributed by atoms with E-state index in [-0.39, 0.29) is 12.0 Å². The lowest BCUT2D eigenvalue weighted by molar-refractivity contribution is -0.147. The zero-order chi connectivity index (χ0) is 22.8. The molecule has 0 unspecified atom stereocenters. The highest BCUT2D eigenvalue weighted by atomic mass is 32.2. The second-order valence-corrected chi connectivity index (χ2v) is 10.7. The van der Waals surface area contributed by atoms with Crippen LogP contribution in [0.4, 0.5) is 0 Å². The van der Waals surface area contributed by atoms with Crippen LogP contribution in [0.3, 0.4) is 0 Å². The number of carbonyl (C=O) groups excluding carboxylic acids is 1. The van der Waals surface area contributed by atoms with Gasteiger partial charge in [-0.05, 0) is 76.1 Å². The van der Waals surface area contributed by atoms with Crippen LogP contribution in [0.25, 0.3) is 0 Å². The first-order valence-corrected chi connectivity index (χ1v) is 12.7. The van der Waals surface area contributed by atoms with Crippen molar-refractivity contribution in [2.24, 2.45) is 0 Å². The molecule has 0 spiro atoms. The number of aryl methyl sites for hydroxylation is 2. The van der Waals surface area contributed by atoms with E-state index in [4.69, 9.17) is 9.47 Å². The highest BCUT2D eigenvalue weighted by Crippen LogP contribution is 2.29. The maximum atomic E-state index is 13.4. The molecule has 2 heterocycles. The van der Waals surface area contributed by atoms with E-state index in [1.807, 2.05) is 33.8 Å². The zero-order valence-electron chi connectivity index (χ0n) is 19.4. The van der Waals surface area contributed by atoms with E-state index >= 15 is 0 Å². The Morgan fingerprint density at radius 2 is 1.71 bits per heavy atom. The van der Waals surface area contributed by atoms with Gasteiger partial charge in [-0.1, -0.05) is 6.07 Å². The first kappa shape index (κ1) is 24.2. The van der Waals surface area contributed by atoms with Gasteiger partial charge in [0.05, 0.1) is 17.6 Å². The second kappa shape index (κ2) is 9.98. The second-order valence-electron chi connectivity index (χ2n) is 8.78. The number of carbonyl (C=O) groups is 1. The van der Waals surface area contributed by atoms with Gasteiger partial charge in [-0.25, -0.2) is 8.42 Å². The van der Waals surface area contributed by atoms with Crippen LogP contribution in [0.15, 0.2) is 11.0 Å². The molecule has 2 fully saturated rings. The van der Waals surface area contributed by atoms with Crippen LogP contribution >= 0.6 is 0 Å². The van der Waals surface area contributed by atoms with Crippen LogP contribution < -0.4 is 0 Å². The standard InChI is InChI=1S/C23H36N2O5S/c1-16-14-17(2)19(4)22(18(16)3)31(27,28)25-11-9-24(10-12-25)23(26)20(5)30-15-21-8-6-7-13-29-21/h14,20-21H,6-13,15H2,1-5H3/t20-,21+/m1/s1. The molecule has 7 nitrogen and oxygen atoms in total. The minimum absolute atomic E-state index is 0.0651. The third-order valence-electron chi connectivity index (χ3n) is 6.60. The number of benzene rings is 1. The average Bonchev–Trinajstić information content (AvgIpc) is 2.76. The molecular weight excluding hydrogens is 416 g/mol. The fourth-order valence-corrected chi connectivity index (χ4v) is 6.36. The van der Waals surface area contributed by atoms with Crippen molar-refractivity contribution < 1.29 is 22.7 Å². The van der Waals surface area contributed by atoms with Crippen LogP contribution in [0.5, 0.6) is 0 Å². The maximum Gasteiger partial charge on any atom is 0.251 e. The molecule has 2 aliphatic heterocycles. The van der Waals surface area contributed by atoms with Crippen molar-refractivity contribution in [3.63, 3.8) is 0 Å². The predicted octanol–water partition coefficient (Wildman–Crippen LogP) is 2.73. The Morgan fingerprint density at radius 3 is 2.26 bits per heavy atom. The molecule has 2 saturated heterocycles. The van der Waals surface area contributed by atoms with Gasteiger partial charge in [-0.2, -0.15) is 4.31 Å². The molecule has 0 saturated carbocycles. The summed E-state index contributed by atoms with van der Waals surface area (Å²) in [6, 6.07) is 2.03. The summed E-state index contributed by atoms with van der Waals surface area (Å²) < 4.78 is 39.7. The molecule has 174 valence electrons. The third-order valence-corrected chi connectivity index (χ3v) is 8.77. The van der Waals surface area contributed by atoms with Crippen LogP contribution in [-0.2, 0) is 24.3 Å². The molecule has 0 aliphatic carbocycles. The van der Waals surface area contributed by atoms with E-state index in [0.717, 1.165) is 48.1 Å². The van der Waals surface area contributed by atoms with Gasteiger partial charge in [-0.3, -0.25) is 4.79 Å². The molecule has 31 heavy (non-hydrogen) atoms. The van der Waals surface area contributed by atoms with Crippen LogP contribution in [0.1, 0.15) is 48.4 Å². The summed E-state index contributed by atoms with van der Waals surface area (Å²) in [6.07, 6.45) is 2.69. The first-order chi connectivity index (χ1) is 14.6. The number of rotatable bonds is 6. The Bertz CT molecular complexity index is 875. The third kappa shape index (κ3) is 5.30. The molecule has 0 N–H and O–H groups in total. The number of amides is 1. The number of ether oxygens (including phenoxy) is 2. The summed E-state index contributed by atoms with van der Waals surface area (Å²) in [7, 11) is -3.61. The lowest BCUT2D eigenvalue weighted by Gasteiger charge is -2.36. The Morgan fingerprint density at radius 1 is 1.10 bits per heavy atom. The van der Waals surface area contributed by atoms with Crippen LogP contribution in [0.2, 0.25) is 0 Å². The first-order valence-electron chi connectivity index (χ1n) is 11.2. The van der Waals surface area contributed by atoms with Gasteiger partial charge in [0.1, 0.15) is 6.10 Å². The van der Waals surface area contributed by atoms with Crippen molar-refractivity contribution in [2.45, 2.75) is 71.0 Å². The van der Waals surface area contributed by atoms with E-state index in [0.29, 0.717) is 37.7 Å². The Hall–Kier alpha value is -1.48. The number of hydrogen-bond donors (Lipinski definition) is 0. The highest BCUT2D eigenvalue weighted by molar-refractivity contribution is 7.89. The molecule has 2 atom stereocenters. The van der Waals surface area contributed by atoms with Crippen molar-refractivity contribution in [1.82, 2.24) is 9.21 Å². The molecule has 1 aromatic rings. The molecule has 0 radical (unpaired) electrons. The van der Waals surface area contributed by atoms with Crippen molar-refractivity contribution in [3.05, 3.63) is 28.3 Å². The largest absolute Gasteiger partial charge is 0.376 e. The predicted molar refractivity (Wildman–Crippen MR) is 120 cm³/mol. The molecule has 2 aliphatic rings. The molecule has 1 aromatic carbocycles. The summed E-state index contributed by atoms with van der Waals surface area (Å²) in [4.78, 5) is 14.9. The van der Waals surface area contributed by atoms with Crippen molar-refractivity contribution in [3.8, 4) is 0 Å². The van der Waals surface area contributed by atoms with Gasteiger partial charge in [0.25, 0.3) is 5.91 Å². The lowest BCUT2D eigenvalue weighted by atomic mass is 10.0. The van der Waals surface area contributed by atoms with Crippen molar-refractivity contribution in [1.29, 1.82) is 0 Å². The monoisotopic (exact) mass is 452 g/mol. The average molecular weight is 453 g/mol. The summed E-state index contributed by atoms with van der Waals surface area (Å²) >= 11 is 0. The smallest absolute Gasteiger partial charge is 0.251 e. The fourth-order valence-electron chi connectivity index (χ4n) is 4.36. The van der Waals surface area contributed by atoms with Gasteiger partial charge in [0.2, 0.25) is 10.0 Å². The van der Waals surface area contributed by atoms with Gasteiger partial charge < -0.3 is 14.4 Å². The highest BCUT2D eigenvalue weighted by Gasteiger charge is 2.34. The fraction of sp³-hybridized carbons (Fsp3) is 0.696. The normalized spacial score (nSPS) is 21.8. The van der Waals surface area contributed by atoms with E-state index in [9.17, 15) is 13.2 Å². The number of sulfonamides is 1. The lowest BCUT2D eigenvalue weighted by Crippen LogP contribution is -2.53. The van der Waals surface area contributed by atoms with Gasteiger partial charge in [0, 0.05) is 32.8 Å². The van der Waals surface area contributed by atoms with Gasteiger partial charge in [-0.15, -0.1) is 0 Å². The van der Waals surface area contributed by atoms with Crippen molar-refractivity contribution in [2.75, 3.05) is 39.4 Å². The molecule has 1 amide bonds. The molecular formula is C23H36N2O5S. The molecule has 3 rings (SSSR count). The molecule has 0 aromatic heterocycles. The van der Waals surface area contributed by atoms with Gasteiger partial charge >= 0.3 is 0 Å². The zero-order valence-corrected chi connectivity index (χ0v) is 20.3. The minimum Gasteiger partial charge on any atom is -0.376 e. The van der Waals surface area contributed by atoms with E-state index in [1.54, 1.807) is 11.8 Å². The number of hydrogen-bond acceptors (Lipinski definition) is 5. The molecule has 8 heteroatoms. The van der Waals surface area contributed by atoms with Crippen LogP contribution in [-0.4, -0.2) is 75.1 Å². The Balaban J connectivity index is 1.60. The Labute approximate surface area is 186 Å². The maximum absolute atomic E-state index is 13.4. The number of piperazine rings is 1. The Kier molecular flexibility index (Phi) is 7.78. The quantitative estimate of drug-likeness (QED) is 0.663. The summed E-state index contributed by atoms with van der Waals surface area (Å²) in [6.45, 7) is 11.9. The van der Waals surface area contributed by atoms with E-state index < -0.39 is 16.1 Å². The SMILES string of the molecule is Cc1cc(C)c(C)c(S(=O)(=O)N2CCN(C(=O)[C@@H](C)OC[C@@H]3CCCCO3)CC2)c1C. The summed E-state index contributed by atoms with van der Waals surface area (Å²) in [5.41, 5.74) is 3.55. The topological polar surface area (TPSA) is 76.2 Å². The van der Waals surface area contributed by atoms with Gasteiger partial charge in [0.15, 0.2) is 0 Å². The summed E-state index contributed by atoms with van der Waals surface area (Å²) in [5.74, 6) is -0.0911. The van der Waals surface area contributed by atoms with Crippen molar-refractivity contribution >= 4 is 15.9 Å². The van der Waals surface area contributed by atoms with E-state index in [1.165, 1.54) is 4.31 Å². The molecule has 0 bridgehead atoms. The number of nitrogens with zero attached hydrogens (tertiary/aromatic N) is 2. The summed E-state index contributed by atoms with van der Waals surface area (Å²) in [5, 5.41) is 0. The van der Waals surface area contributed by atoms with E-state index in [2.05, 4.69) is 0 Å². The van der Waals surface area contributed by atoms with Crippen LogP contribution in [0, 0.1) is 27.7 Å².